The normalized spacial score (nSPS) is 10.7. The lowest BCUT2D eigenvalue weighted by molar-refractivity contribution is -0.126. The molecule has 1 heterocycles. The second-order valence-corrected chi connectivity index (χ2v) is 6.16. The molecule has 0 fully saturated rings. The molecule has 0 saturated carbocycles. The van der Waals surface area contributed by atoms with Crippen LogP contribution in [0.1, 0.15) is 17.8 Å². The Morgan fingerprint density at radius 2 is 2.04 bits per heavy atom. The lowest BCUT2D eigenvalue weighted by atomic mass is 10.2. The largest absolute Gasteiger partial charge is 0.383 e. The average molecular weight is 335 g/mol. The Kier molecular flexibility index (Phi) is 6.96. The zero-order valence-corrected chi connectivity index (χ0v) is 13.9. The van der Waals surface area contributed by atoms with Crippen molar-refractivity contribution in [3.05, 3.63) is 29.3 Å². The Morgan fingerprint density at radius 1 is 1.22 bits per heavy atom. The number of fused-ring (bicyclic) bond motifs is 1. The number of nitrogens with one attached hydrogen (secondary N) is 2. The minimum Gasteiger partial charge on any atom is -0.383 e. The topological polar surface area (TPSA) is 80.3 Å². The standard InChI is InChI=1S/C16H21N3O3S/c1-22-10-9-17-15(21)11-18-14(20)7-4-8-16-19-12-5-2-3-6-13(12)23-16/h2-3,5-6H,4,7-11H2,1H3,(H,17,21)(H,18,20). The fourth-order valence-electron chi connectivity index (χ4n) is 2.05. The molecule has 0 aliphatic rings. The first-order valence-corrected chi connectivity index (χ1v) is 8.37. The molecule has 0 aliphatic heterocycles. The monoisotopic (exact) mass is 335 g/mol. The van der Waals surface area contributed by atoms with Crippen LogP contribution >= 0.6 is 11.3 Å². The summed E-state index contributed by atoms with van der Waals surface area (Å²) < 4.78 is 5.99. The Morgan fingerprint density at radius 3 is 2.83 bits per heavy atom. The van der Waals surface area contributed by atoms with Crippen LogP contribution in [0.4, 0.5) is 0 Å². The maximum Gasteiger partial charge on any atom is 0.239 e. The van der Waals surface area contributed by atoms with E-state index in [1.165, 1.54) is 4.70 Å². The second kappa shape index (κ2) is 9.22. The highest BCUT2D eigenvalue weighted by Gasteiger charge is 2.07. The number of carbonyl (C=O) groups excluding carboxylic acids is 2. The summed E-state index contributed by atoms with van der Waals surface area (Å²) >= 11 is 1.66. The van der Waals surface area contributed by atoms with Gasteiger partial charge in [-0.15, -0.1) is 11.3 Å². The van der Waals surface area contributed by atoms with Crippen LogP contribution in [-0.4, -0.2) is 43.6 Å². The number of thiazole rings is 1. The minimum absolute atomic E-state index is 0.00366. The number of carbonyl (C=O) groups is 2. The fraction of sp³-hybridized carbons (Fsp3) is 0.438. The van der Waals surface area contributed by atoms with Gasteiger partial charge in [0, 0.05) is 20.1 Å². The van der Waals surface area contributed by atoms with Crippen molar-refractivity contribution in [2.24, 2.45) is 0 Å². The van der Waals surface area contributed by atoms with Crippen LogP contribution in [0.15, 0.2) is 24.3 Å². The molecule has 0 unspecified atom stereocenters. The van der Waals surface area contributed by atoms with Crippen LogP contribution < -0.4 is 10.6 Å². The van der Waals surface area contributed by atoms with Gasteiger partial charge < -0.3 is 15.4 Å². The van der Waals surface area contributed by atoms with Gasteiger partial charge in [-0.25, -0.2) is 4.98 Å². The van der Waals surface area contributed by atoms with E-state index in [2.05, 4.69) is 15.6 Å². The van der Waals surface area contributed by atoms with Crippen LogP contribution in [0, 0.1) is 0 Å². The van der Waals surface area contributed by atoms with E-state index in [0.717, 1.165) is 23.4 Å². The summed E-state index contributed by atoms with van der Waals surface area (Å²) in [7, 11) is 1.57. The maximum absolute atomic E-state index is 11.7. The van der Waals surface area contributed by atoms with Gasteiger partial charge in [0.25, 0.3) is 0 Å². The van der Waals surface area contributed by atoms with Gasteiger partial charge in [0.2, 0.25) is 11.8 Å². The molecule has 6 nitrogen and oxygen atoms in total. The molecule has 124 valence electrons. The highest BCUT2D eigenvalue weighted by Crippen LogP contribution is 2.22. The molecule has 0 atom stereocenters. The molecule has 1 aromatic carbocycles. The molecular formula is C16H21N3O3S. The van der Waals surface area contributed by atoms with Gasteiger partial charge in [0.15, 0.2) is 0 Å². The number of aromatic nitrogens is 1. The molecule has 0 spiro atoms. The molecule has 2 N–H and O–H groups in total. The molecule has 0 aliphatic carbocycles. The van der Waals surface area contributed by atoms with E-state index in [-0.39, 0.29) is 18.4 Å². The first-order chi connectivity index (χ1) is 11.2. The van der Waals surface area contributed by atoms with Gasteiger partial charge in [-0.1, -0.05) is 12.1 Å². The maximum atomic E-state index is 11.7. The summed E-state index contributed by atoms with van der Waals surface area (Å²) in [6.45, 7) is 0.911. The summed E-state index contributed by atoms with van der Waals surface area (Å²) in [6, 6.07) is 8.00. The summed E-state index contributed by atoms with van der Waals surface area (Å²) in [5.74, 6) is -0.324. The Bertz CT molecular complexity index is 624. The van der Waals surface area contributed by atoms with Crippen molar-refractivity contribution >= 4 is 33.4 Å². The Labute approximate surface area is 139 Å². The molecule has 7 heteroatoms. The first kappa shape index (κ1) is 17.4. The van der Waals surface area contributed by atoms with Crippen molar-refractivity contribution in [2.75, 3.05) is 26.8 Å². The third kappa shape index (κ3) is 5.96. The minimum atomic E-state index is -0.207. The first-order valence-electron chi connectivity index (χ1n) is 7.56. The molecule has 2 rings (SSSR count). The zero-order chi connectivity index (χ0) is 16.5. The second-order valence-electron chi connectivity index (χ2n) is 5.05. The predicted octanol–water partition coefficient (Wildman–Crippen LogP) is 1.50. The van der Waals surface area contributed by atoms with E-state index in [9.17, 15) is 9.59 Å². The van der Waals surface area contributed by atoms with Gasteiger partial charge >= 0.3 is 0 Å². The van der Waals surface area contributed by atoms with Crippen molar-refractivity contribution in [2.45, 2.75) is 19.3 Å². The smallest absolute Gasteiger partial charge is 0.239 e. The van der Waals surface area contributed by atoms with Crippen molar-refractivity contribution in [3.8, 4) is 0 Å². The third-order valence-corrected chi connectivity index (χ3v) is 4.30. The predicted molar refractivity (Wildman–Crippen MR) is 90.5 cm³/mol. The number of nitrogens with zero attached hydrogens (tertiary/aromatic N) is 1. The molecule has 23 heavy (non-hydrogen) atoms. The van der Waals surface area contributed by atoms with E-state index in [1.807, 2.05) is 24.3 Å². The van der Waals surface area contributed by atoms with Gasteiger partial charge in [0.1, 0.15) is 0 Å². The van der Waals surface area contributed by atoms with Crippen LogP contribution in [-0.2, 0) is 20.7 Å². The molecule has 2 aromatic rings. The summed E-state index contributed by atoms with van der Waals surface area (Å²) in [4.78, 5) is 27.7. The lowest BCUT2D eigenvalue weighted by Crippen LogP contribution is -2.38. The number of ether oxygens (including phenoxy) is 1. The molecule has 1 aromatic heterocycles. The van der Waals surface area contributed by atoms with Crippen LogP contribution in [0.2, 0.25) is 0 Å². The van der Waals surface area contributed by atoms with Gasteiger partial charge in [-0.2, -0.15) is 0 Å². The number of amides is 2. The molecular weight excluding hydrogens is 314 g/mol. The number of methoxy groups -OCH3 is 1. The highest BCUT2D eigenvalue weighted by atomic mass is 32.1. The summed E-state index contributed by atoms with van der Waals surface area (Å²) in [5, 5.41) is 6.30. The quantitative estimate of drug-likeness (QED) is 0.681. The number of hydrogen-bond acceptors (Lipinski definition) is 5. The van der Waals surface area contributed by atoms with E-state index in [1.54, 1.807) is 18.4 Å². The number of aryl methyl sites for hydroxylation is 1. The fourth-order valence-corrected chi connectivity index (χ4v) is 3.06. The van der Waals surface area contributed by atoms with Crippen molar-refractivity contribution in [1.29, 1.82) is 0 Å². The Balaban J connectivity index is 1.63. The highest BCUT2D eigenvalue weighted by molar-refractivity contribution is 7.18. The van der Waals surface area contributed by atoms with E-state index >= 15 is 0 Å². The average Bonchev–Trinajstić information content (AvgIpc) is 2.96. The molecule has 0 saturated heterocycles. The van der Waals surface area contributed by atoms with E-state index in [0.29, 0.717) is 19.6 Å². The molecule has 0 bridgehead atoms. The number of rotatable bonds is 9. The Hall–Kier alpha value is -1.99. The van der Waals surface area contributed by atoms with Crippen molar-refractivity contribution in [3.63, 3.8) is 0 Å². The molecule has 2 amide bonds. The van der Waals surface area contributed by atoms with Crippen LogP contribution in [0.3, 0.4) is 0 Å². The SMILES string of the molecule is COCCNC(=O)CNC(=O)CCCc1nc2ccccc2s1. The van der Waals surface area contributed by atoms with Gasteiger partial charge in [0.05, 0.1) is 28.4 Å². The summed E-state index contributed by atoms with van der Waals surface area (Å²) in [5.41, 5.74) is 1.00. The number of benzene rings is 1. The number of para-hydroxylation sites is 1. The summed E-state index contributed by atoms with van der Waals surface area (Å²) in [6.07, 6.45) is 1.88. The zero-order valence-electron chi connectivity index (χ0n) is 13.1. The van der Waals surface area contributed by atoms with Crippen LogP contribution in [0.25, 0.3) is 10.2 Å². The number of hydrogen-bond donors (Lipinski definition) is 2. The third-order valence-electron chi connectivity index (χ3n) is 3.21. The van der Waals surface area contributed by atoms with Gasteiger partial charge in [-0.05, 0) is 25.0 Å². The van der Waals surface area contributed by atoms with E-state index in [4.69, 9.17) is 4.74 Å². The van der Waals surface area contributed by atoms with Gasteiger partial charge in [-0.3, -0.25) is 9.59 Å². The van der Waals surface area contributed by atoms with E-state index < -0.39 is 0 Å². The lowest BCUT2D eigenvalue weighted by Gasteiger charge is -2.06. The van der Waals surface area contributed by atoms with Crippen molar-refractivity contribution < 1.29 is 14.3 Å². The molecule has 0 radical (unpaired) electrons. The van der Waals surface area contributed by atoms with Crippen LogP contribution in [0.5, 0.6) is 0 Å². The van der Waals surface area contributed by atoms with Crippen molar-refractivity contribution in [1.82, 2.24) is 15.6 Å².